The molecule has 0 aromatic carbocycles. The number of alkyl halides is 3. The lowest BCUT2D eigenvalue weighted by Gasteiger charge is -2.08. The molecule has 2 rings (SSSR count). The fourth-order valence-corrected chi connectivity index (χ4v) is 2.87. The van der Waals surface area contributed by atoms with Crippen molar-refractivity contribution in [3.8, 4) is 0 Å². The normalized spacial score (nSPS) is 11.4. The zero-order valence-corrected chi connectivity index (χ0v) is 13.4. The quantitative estimate of drug-likeness (QED) is 0.582. The highest BCUT2D eigenvalue weighted by Crippen LogP contribution is 2.16. The van der Waals surface area contributed by atoms with Gasteiger partial charge in [-0.05, 0) is 11.4 Å². The van der Waals surface area contributed by atoms with Crippen LogP contribution in [0.15, 0.2) is 22.7 Å². The molecule has 2 aromatic heterocycles. The van der Waals surface area contributed by atoms with Gasteiger partial charge in [0.1, 0.15) is 5.82 Å². The number of thiophene rings is 1. The first kappa shape index (κ1) is 17.6. The van der Waals surface area contributed by atoms with Crippen molar-refractivity contribution in [3.63, 3.8) is 0 Å². The van der Waals surface area contributed by atoms with E-state index in [0.717, 1.165) is 10.7 Å². The van der Waals surface area contributed by atoms with E-state index in [1.54, 1.807) is 11.3 Å². The minimum absolute atomic E-state index is 0.149. The molecule has 2 heterocycles. The number of H-pyrrole nitrogens is 1. The molecule has 0 aliphatic rings. The van der Waals surface area contributed by atoms with Gasteiger partial charge in [0.25, 0.3) is 0 Å². The van der Waals surface area contributed by atoms with Gasteiger partial charge in [0, 0.05) is 23.6 Å². The average molecular weight is 366 g/mol. The number of aromatic amines is 1. The van der Waals surface area contributed by atoms with Gasteiger partial charge >= 0.3 is 12.3 Å². The lowest BCUT2D eigenvalue weighted by atomic mass is 10.3. The number of amides is 1. The van der Waals surface area contributed by atoms with Crippen molar-refractivity contribution in [1.82, 2.24) is 20.5 Å². The highest BCUT2D eigenvalue weighted by atomic mass is 32.2. The summed E-state index contributed by atoms with van der Waals surface area (Å²) in [4.78, 5) is 16.4. The number of rotatable bonds is 7. The third-order valence-electron chi connectivity index (χ3n) is 2.40. The van der Waals surface area contributed by atoms with Gasteiger partial charge in [-0.15, -0.1) is 16.4 Å². The zero-order chi connectivity index (χ0) is 16.7. The van der Waals surface area contributed by atoms with Crippen LogP contribution in [0, 0.1) is 0 Å². The summed E-state index contributed by atoms with van der Waals surface area (Å²) < 4.78 is 39.5. The predicted molar refractivity (Wildman–Crippen MR) is 79.6 cm³/mol. The Kier molecular flexibility index (Phi) is 6.28. The predicted octanol–water partition coefficient (Wildman–Crippen LogP) is 2.84. The van der Waals surface area contributed by atoms with E-state index in [1.165, 1.54) is 11.8 Å². The van der Waals surface area contributed by atoms with E-state index >= 15 is 0 Å². The number of nitrogens with one attached hydrogen (secondary N) is 2. The Balaban J connectivity index is 1.63. The van der Waals surface area contributed by atoms with E-state index in [1.807, 2.05) is 17.5 Å². The van der Waals surface area contributed by atoms with E-state index in [0.29, 0.717) is 17.3 Å². The van der Waals surface area contributed by atoms with Crippen LogP contribution < -0.4 is 5.32 Å². The van der Waals surface area contributed by atoms with Crippen molar-refractivity contribution in [2.24, 2.45) is 0 Å². The summed E-state index contributed by atoms with van der Waals surface area (Å²) in [6, 6.07) is 3.95. The first-order chi connectivity index (χ1) is 10.9. The Hall–Kier alpha value is -1.75. The maximum Gasteiger partial charge on any atom is 0.422 e. The summed E-state index contributed by atoms with van der Waals surface area (Å²) in [5, 5.41) is 11.6. The Morgan fingerprint density at radius 3 is 3.00 bits per heavy atom. The van der Waals surface area contributed by atoms with Crippen LogP contribution in [-0.4, -0.2) is 46.4 Å². The molecule has 6 nitrogen and oxygen atoms in total. The van der Waals surface area contributed by atoms with Gasteiger partial charge in [-0.3, -0.25) is 5.10 Å². The molecule has 0 radical (unpaired) electrons. The molecule has 126 valence electrons. The van der Waals surface area contributed by atoms with E-state index in [2.05, 4.69) is 25.2 Å². The first-order valence-electron chi connectivity index (χ1n) is 6.46. The summed E-state index contributed by atoms with van der Waals surface area (Å²) in [6.45, 7) is -1.45. The van der Waals surface area contributed by atoms with E-state index < -0.39 is 18.9 Å². The van der Waals surface area contributed by atoms with E-state index in [9.17, 15) is 18.0 Å². The molecule has 0 aliphatic carbocycles. The second kappa shape index (κ2) is 8.20. The van der Waals surface area contributed by atoms with Crippen molar-refractivity contribution in [3.05, 3.63) is 28.2 Å². The molecule has 0 aliphatic heterocycles. The number of nitrogens with zero attached hydrogens (tertiary/aromatic N) is 2. The lowest BCUT2D eigenvalue weighted by molar-refractivity contribution is -0.160. The molecule has 11 heteroatoms. The van der Waals surface area contributed by atoms with Gasteiger partial charge in [0.15, 0.2) is 6.61 Å². The number of carbonyl (C=O) groups is 1. The van der Waals surface area contributed by atoms with Crippen molar-refractivity contribution in [2.45, 2.75) is 17.8 Å². The summed E-state index contributed by atoms with van der Waals surface area (Å²) in [5.74, 6) is 1.14. The monoisotopic (exact) mass is 366 g/mol. The van der Waals surface area contributed by atoms with Crippen LogP contribution in [0.3, 0.4) is 0 Å². The Morgan fingerprint density at radius 1 is 1.48 bits per heavy atom. The van der Waals surface area contributed by atoms with Gasteiger partial charge in [0.05, 0.1) is 0 Å². The molecule has 0 spiro atoms. The number of aromatic nitrogens is 3. The van der Waals surface area contributed by atoms with Crippen LogP contribution in [0.5, 0.6) is 0 Å². The Morgan fingerprint density at radius 2 is 2.30 bits per heavy atom. The smallest absolute Gasteiger partial charge is 0.422 e. The second-order valence-electron chi connectivity index (χ2n) is 4.29. The number of hydrogen-bond donors (Lipinski definition) is 2. The van der Waals surface area contributed by atoms with Gasteiger partial charge in [0.2, 0.25) is 5.16 Å². The molecule has 1 amide bonds. The van der Waals surface area contributed by atoms with E-state index in [4.69, 9.17) is 0 Å². The van der Waals surface area contributed by atoms with Crippen molar-refractivity contribution in [1.29, 1.82) is 0 Å². The van der Waals surface area contributed by atoms with Gasteiger partial charge in [-0.1, -0.05) is 17.8 Å². The Bertz CT molecular complexity index is 616. The third-order valence-corrected chi connectivity index (χ3v) is 4.13. The SMILES string of the molecule is O=C(NCCSc1n[nH]c(Cc2cccs2)n1)OCC(F)(F)F. The third kappa shape index (κ3) is 6.91. The minimum Gasteiger partial charge on any atom is -0.440 e. The number of hydrogen-bond acceptors (Lipinski definition) is 6. The number of alkyl carbamates (subject to hydrolysis) is 1. The van der Waals surface area contributed by atoms with Gasteiger partial charge < -0.3 is 10.1 Å². The average Bonchev–Trinajstić information content (AvgIpc) is 3.13. The van der Waals surface area contributed by atoms with Crippen LogP contribution in [0.2, 0.25) is 0 Å². The lowest BCUT2D eigenvalue weighted by Crippen LogP contribution is -2.30. The molecule has 0 unspecified atom stereocenters. The molecule has 2 N–H and O–H groups in total. The summed E-state index contributed by atoms with van der Waals surface area (Å²) in [6.07, 6.45) is -4.96. The number of thioether (sulfide) groups is 1. The number of halogens is 3. The van der Waals surface area contributed by atoms with Crippen LogP contribution in [0.25, 0.3) is 0 Å². The standard InChI is InChI=1S/C12H13F3N4O2S2/c13-12(14,15)7-21-11(20)16-3-5-23-10-17-9(18-19-10)6-8-2-1-4-22-8/h1-2,4H,3,5-7H2,(H,16,20)(H,17,18,19). The number of ether oxygens (including phenoxy) is 1. The highest BCUT2D eigenvalue weighted by Gasteiger charge is 2.29. The molecular weight excluding hydrogens is 353 g/mol. The number of carbonyl (C=O) groups excluding carboxylic acids is 1. The van der Waals surface area contributed by atoms with Crippen LogP contribution in [0.1, 0.15) is 10.7 Å². The largest absolute Gasteiger partial charge is 0.440 e. The molecule has 23 heavy (non-hydrogen) atoms. The molecular formula is C12H13F3N4O2S2. The second-order valence-corrected chi connectivity index (χ2v) is 6.38. The molecule has 0 saturated heterocycles. The summed E-state index contributed by atoms with van der Waals surface area (Å²) in [7, 11) is 0. The van der Waals surface area contributed by atoms with Crippen LogP contribution >= 0.6 is 23.1 Å². The maximum atomic E-state index is 11.8. The minimum atomic E-state index is -4.52. The Labute approximate surface area is 137 Å². The highest BCUT2D eigenvalue weighted by molar-refractivity contribution is 7.99. The molecule has 0 atom stereocenters. The maximum absolute atomic E-state index is 11.8. The zero-order valence-electron chi connectivity index (χ0n) is 11.7. The fraction of sp³-hybridized carbons (Fsp3) is 0.417. The van der Waals surface area contributed by atoms with Gasteiger partial charge in [-0.2, -0.15) is 13.2 Å². The van der Waals surface area contributed by atoms with Crippen molar-refractivity contribution >= 4 is 29.2 Å². The molecule has 0 fully saturated rings. The first-order valence-corrected chi connectivity index (χ1v) is 8.33. The van der Waals surface area contributed by atoms with Crippen molar-refractivity contribution < 1.29 is 22.7 Å². The van der Waals surface area contributed by atoms with Crippen LogP contribution in [0.4, 0.5) is 18.0 Å². The molecule has 2 aromatic rings. The van der Waals surface area contributed by atoms with Crippen molar-refractivity contribution in [2.75, 3.05) is 18.9 Å². The summed E-state index contributed by atoms with van der Waals surface area (Å²) in [5.41, 5.74) is 0. The van der Waals surface area contributed by atoms with E-state index in [-0.39, 0.29) is 6.54 Å². The van der Waals surface area contributed by atoms with Gasteiger partial charge in [-0.25, -0.2) is 9.78 Å². The van der Waals surface area contributed by atoms with Crippen LogP contribution in [-0.2, 0) is 11.2 Å². The summed E-state index contributed by atoms with van der Waals surface area (Å²) >= 11 is 2.90. The topological polar surface area (TPSA) is 79.9 Å². The molecule has 0 bridgehead atoms. The fourth-order valence-electron chi connectivity index (χ4n) is 1.49. The molecule has 0 saturated carbocycles.